The van der Waals surface area contributed by atoms with Crippen LogP contribution in [0.15, 0.2) is 66.9 Å². The van der Waals surface area contributed by atoms with Crippen LogP contribution in [0.2, 0.25) is 0 Å². The maximum absolute atomic E-state index is 12.2. The molecule has 0 bridgehead atoms. The van der Waals surface area contributed by atoms with Crippen molar-refractivity contribution >= 4 is 6.29 Å². The summed E-state index contributed by atoms with van der Waals surface area (Å²) in [6.07, 6.45) is -2.32. The van der Waals surface area contributed by atoms with Crippen LogP contribution in [0.5, 0.6) is 5.75 Å². The minimum atomic E-state index is -4.71. The molecular weight excluding hydrogens is 355 g/mol. The number of aldehydes is 1. The highest BCUT2D eigenvalue weighted by Gasteiger charge is 2.30. The molecule has 0 aliphatic carbocycles. The zero-order valence-corrected chi connectivity index (χ0v) is 14.8. The molecule has 0 aliphatic rings. The number of carbonyl (C=O) groups is 1. The summed E-state index contributed by atoms with van der Waals surface area (Å²) >= 11 is 0. The van der Waals surface area contributed by atoms with E-state index in [1.54, 1.807) is 48.7 Å². The van der Waals surface area contributed by atoms with Gasteiger partial charge in [0.2, 0.25) is 0 Å². The van der Waals surface area contributed by atoms with Gasteiger partial charge in [-0.1, -0.05) is 50.2 Å². The first-order valence-corrected chi connectivity index (χ1v) is 8.32. The second kappa shape index (κ2) is 8.98. The molecule has 3 nitrogen and oxygen atoms in total. The maximum atomic E-state index is 12.2. The van der Waals surface area contributed by atoms with Crippen LogP contribution < -0.4 is 4.74 Å². The van der Waals surface area contributed by atoms with Crippen LogP contribution in [0, 0.1) is 0 Å². The molecule has 0 saturated carbocycles. The summed E-state index contributed by atoms with van der Waals surface area (Å²) in [6.45, 7) is 4.00. The van der Waals surface area contributed by atoms with E-state index in [4.69, 9.17) is 0 Å². The molecule has 0 atom stereocenters. The molecule has 3 rings (SSSR count). The van der Waals surface area contributed by atoms with Crippen LogP contribution in [-0.4, -0.2) is 17.6 Å². The standard InChI is InChI=1S/C19H12F3NO2.C2H6/c20-19(21,22)25-17-7-5-14(6-8-17)16-9-10-23-18(11-16)15-3-1-13(12-24)2-4-15;1-2/h1-12H;1-2H3. The highest BCUT2D eigenvalue weighted by molar-refractivity contribution is 5.77. The number of carbonyl (C=O) groups excluding carboxylic acids is 1. The Kier molecular flexibility index (Phi) is 6.71. The molecule has 1 aromatic heterocycles. The number of halogens is 3. The van der Waals surface area contributed by atoms with Crippen LogP contribution in [0.3, 0.4) is 0 Å². The van der Waals surface area contributed by atoms with E-state index in [-0.39, 0.29) is 5.75 Å². The van der Waals surface area contributed by atoms with Crippen LogP contribution in [0.4, 0.5) is 13.2 Å². The summed E-state index contributed by atoms with van der Waals surface area (Å²) in [5.41, 5.74) is 3.65. The van der Waals surface area contributed by atoms with Gasteiger partial charge in [-0.15, -0.1) is 13.2 Å². The van der Waals surface area contributed by atoms with E-state index in [0.29, 0.717) is 11.3 Å². The Morgan fingerprint density at radius 2 is 1.44 bits per heavy atom. The fourth-order valence-corrected chi connectivity index (χ4v) is 2.35. The van der Waals surface area contributed by atoms with Crippen molar-refractivity contribution in [3.63, 3.8) is 0 Å². The quantitative estimate of drug-likeness (QED) is 0.515. The van der Waals surface area contributed by atoms with E-state index in [1.807, 2.05) is 19.9 Å². The second-order valence-corrected chi connectivity index (χ2v) is 5.24. The van der Waals surface area contributed by atoms with Gasteiger partial charge in [-0.25, -0.2) is 0 Å². The Morgan fingerprint density at radius 1 is 0.852 bits per heavy atom. The highest BCUT2D eigenvalue weighted by Crippen LogP contribution is 2.28. The molecule has 3 aromatic rings. The second-order valence-electron chi connectivity index (χ2n) is 5.24. The predicted octanol–water partition coefficient (Wildman–Crippen LogP) is 6.15. The average molecular weight is 373 g/mol. The number of benzene rings is 2. The third-order valence-corrected chi connectivity index (χ3v) is 3.52. The SMILES string of the molecule is CC.O=Cc1ccc(-c2cc(-c3ccc(OC(F)(F)F)cc3)ccn2)cc1. The number of ether oxygens (including phenoxy) is 1. The lowest BCUT2D eigenvalue weighted by Gasteiger charge is -2.10. The lowest BCUT2D eigenvalue weighted by atomic mass is 10.0. The van der Waals surface area contributed by atoms with Crippen molar-refractivity contribution in [2.45, 2.75) is 20.2 Å². The largest absolute Gasteiger partial charge is 0.573 e. The summed E-state index contributed by atoms with van der Waals surface area (Å²) in [7, 11) is 0. The molecule has 0 aliphatic heterocycles. The van der Waals surface area contributed by atoms with E-state index in [0.717, 1.165) is 23.0 Å². The van der Waals surface area contributed by atoms with Gasteiger partial charge in [0.1, 0.15) is 12.0 Å². The summed E-state index contributed by atoms with van der Waals surface area (Å²) in [6, 6.07) is 16.2. The number of aromatic nitrogens is 1. The molecule has 1 heterocycles. The summed E-state index contributed by atoms with van der Waals surface area (Å²) in [4.78, 5) is 15.0. The third-order valence-electron chi connectivity index (χ3n) is 3.52. The Morgan fingerprint density at radius 3 is 2.00 bits per heavy atom. The van der Waals surface area contributed by atoms with Gasteiger partial charge < -0.3 is 4.74 Å². The number of hydrogen-bond donors (Lipinski definition) is 0. The van der Waals surface area contributed by atoms with E-state index in [2.05, 4.69) is 9.72 Å². The molecule has 27 heavy (non-hydrogen) atoms. The van der Waals surface area contributed by atoms with Crippen molar-refractivity contribution in [3.8, 4) is 28.1 Å². The molecule has 0 saturated heterocycles. The molecule has 0 unspecified atom stereocenters. The number of nitrogens with zero attached hydrogens (tertiary/aromatic N) is 1. The average Bonchev–Trinajstić information content (AvgIpc) is 2.69. The monoisotopic (exact) mass is 373 g/mol. The molecule has 0 spiro atoms. The predicted molar refractivity (Wildman–Crippen MR) is 98.5 cm³/mol. The van der Waals surface area contributed by atoms with E-state index in [1.165, 1.54) is 12.1 Å². The Labute approximate surface area is 155 Å². The molecule has 0 radical (unpaired) electrons. The smallest absolute Gasteiger partial charge is 0.406 e. The van der Waals surface area contributed by atoms with Gasteiger partial charge in [-0.3, -0.25) is 9.78 Å². The molecule has 0 N–H and O–H groups in total. The summed E-state index contributed by atoms with van der Waals surface area (Å²) in [5, 5.41) is 0. The third kappa shape index (κ3) is 5.67. The van der Waals surface area contributed by atoms with Crippen molar-refractivity contribution in [3.05, 3.63) is 72.4 Å². The Hall–Kier alpha value is -3.15. The lowest BCUT2D eigenvalue weighted by Crippen LogP contribution is -2.16. The van der Waals surface area contributed by atoms with Crippen molar-refractivity contribution in [1.82, 2.24) is 4.98 Å². The Bertz CT molecular complexity index is 873. The van der Waals surface area contributed by atoms with Gasteiger partial charge in [-0.05, 0) is 35.4 Å². The first-order valence-electron chi connectivity index (χ1n) is 8.32. The lowest BCUT2D eigenvalue weighted by molar-refractivity contribution is -0.274. The molecule has 0 amide bonds. The molecule has 140 valence electrons. The number of rotatable bonds is 4. The van der Waals surface area contributed by atoms with E-state index >= 15 is 0 Å². The number of alkyl halides is 3. The molecular formula is C21H18F3NO2. The minimum absolute atomic E-state index is 0.269. The van der Waals surface area contributed by atoms with Crippen LogP contribution >= 0.6 is 0 Å². The van der Waals surface area contributed by atoms with E-state index in [9.17, 15) is 18.0 Å². The maximum Gasteiger partial charge on any atom is 0.573 e. The zero-order chi connectivity index (χ0) is 19.9. The van der Waals surface area contributed by atoms with Gasteiger partial charge in [0.15, 0.2) is 0 Å². The van der Waals surface area contributed by atoms with Gasteiger partial charge >= 0.3 is 6.36 Å². The first-order chi connectivity index (χ1) is 12.9. The van der Waals surface area contributed by atoms with Crippen molar-refractivity contribution in [2.24, 2.45) is 0 Å². The highest BCUT2D eigenvalue weighted by atomic mass is 19.4. The van der Waals surface area contributed by atoms with Crippen LogP contribution in [0.25, 0.3) is 22.4 Å². The van der Waals surface area contributed by atoms with Crippen molar-refractivity contribution in [2.75, 3.05) is 0 Å². The minimum Gasteiger partial charge on any atom is -0.406 e. The van der Waals surface area contributed by atoms with Gasteiger partial charge in [-0.2, -0.15) is 0 Å². The summed E-state index contributed by atoms with van der Waals surface area (Å²) < 4.78 is 40.5. The topological polar surface area (TPSA) is 39.2 Å². The van der Waals surface area contributed by atoms with Gasteiger partial charge in [0, 0.05) is 17.3 Å². The van der Waals surface area contributed by atoms with Gasteiger partial charge in [0.25, 0.3) is 0 Å². The summed E-state index contributed by atoms with van der Waals surface area (Å²) in [5.74, 6) is -0.269. The number of pyridine rings is 1. The van der Waals surface area contributed by atoms with Crippen molar-refractivity contribution < 1.29 is 22.7 Å². The normalized spacial score (nSPS) is 10.6. The van der Waals surface area contributed by atoms with Crippen LogP contribution in [0.1, 0.15) is 24.2 Å². The number of hydrogen-bond acceptors (Lipinski definition) is 3. The van der Waals surface area contributed by atoms with Crippen molar-refractivity contribution in [1.29, 1.82) is 0 Å². The van der Waals surface area contributed by atoms with Gasteiger partial charge in [0.05, 0.1) is 5.69 Å². The fraction of sp³-hybridized carbons (Fsp3) is 0.143. The first kappa shape index (κ1) is 20.2. The molecule has 2 aromatic carbocycles. The fourth-order valence-electron chi connectivity index (χ4n) is 2.35. The molecule has 6 heteroatoms. The zero-order valence-electron chi connectivity index (χ0n) is 14.8. The van der Waals surface area contributed by atoms with Crippen LogP contribution in [-0.2, 0) is 0 Å². The molecule has 0 fully saturated rings. The van der Waals surface area contributed by atoms with E-state index < -0.39 is 6.36 Å². The Balaban J connectivity index is 0.00000126.